The van der Waals surface area contributed by atoms with Crippen LogP contribution in [-0.4, -0.2) is 62.6 Å². The number of anilines is 1. The highest BCUT2D eigenvalue weighted by atomic mass is 32.1. The van der Waals surface area contributed by atoms with Crippen LogP contribution >= 0.6 is 11.3 Å². The van der Waals surface area contributed by atoms with E-state index in [1.165, 1.54) is 19.3 Å². The molecule has 2 fully saturated rings. The lowest BCUT2D eigenvalue weighted by Gasteiger charge is -2.35. The summed E-state index contributed by atoms with van der Waals surface area (Å²) >= 11 is 1.59. The maximum atomic E-state index is 12.9. The lowest BCUT2D eigenvalue weighted by Crippen LogP contribution is -2.51. The van der Waals surface area contributed by atoms with Crippen molar-refractivity contribution >= 4 is 28.3 Å². The van der Waals surface area contributed by atoms with Crippen molar-refractivity contribution in [2.24, 2.45) is 0 Å². The second-order valence-electron chi connectivity index (χ2n) is 10.1. The molecule has 1 saturated heterocycles. The van der Waals surface area contributed by atoms with Gasteiger partial charge >= 0.3 is 6.03 Å². The Morgan fingerprint density at radius 3 is 2.82 bits per heavy atom. The van der Waals surface area contributed by atoms with Crippen LogP contribution in [0.4, 0.5) is 10.7 Å². The number of rotatable bonds is 6. The van der Waals surface area contributed by atoms with E-state index in [0.29, 0.717) is 18.5 Å². The molecule has 9 nitrogen and oxygen atoms in total. The number of thiazole rings is 1. The average molecular weight is 532 g/mol. The molecule has 4 aromatic rings. The molecule has 3 aromatic heterocycles. The van der Waals surface area contributed by atoms with Gasteiger partial charge in [0.15, 0.2) is 4.96 Å². The largest absolute Gasteiger partial charge is 0.497 e. The topological polar surface area (TPSA) is 96.7 Å². The highest BCUT2D eigenvalue weighted by Crippen LogP contribution is 2.35. The maximum absolute atomic E-state index is 12.9. The van der Waals surface area contributed by atoms with Crippen molar-refractivity contribution < 1.29 is 9.53 Å². The van der Waals surface area contributed by atoms with Crippen molar-refractivity contribution in [2.75, 3.05) is 25.5 Å². The van der Waals surface area contributed by atoms with Gasteiger partial charge in [-0.25, -0.2) is 19.7 Å². The van der Waals surface area contributed by atoms with E-state index in [9.17, 15) is 4.79 Å². The molecular formula is C28H33N7O2S. The lowest BCUT2D eigenvalue weighted by molar-refractivity contribution is 0.175. The molecule has 0 spiro atoms. The summed E-state index contributed by atoms with van der Waals surface area (Å²) in [6, 6.07) is 10.3. The number of nitrogens with zero attached hydrogens (tertiary/aromatic N) is 5. The summed E-state index contributed by atoms with van der Waals surface area (Å²) < 4.78 is 7.52. The monoisotopic (exact) mass is 531 g/mol. The van der Waals surface area contributed by atoms with Gasteiger partial charge in [0, 0.05) is 48.5 Å². The zero-order valence-electron chi connectivity index (χ0n) is 21.6. The number of hydrogen-bond donors (Lipinski definition) is 2. The molecule has 1 saturated carbocycles. The van der Waals surface area contributed by atoms with E-state index in [4.69, 9.17) is 14.7 Å². The average Bonchev–Trinajstić information content (AvgIpc) is 3.56. The number of likely N-dealkylation sites (tertiary alicyclic amines) is 1. The summed E-state index contributed by atoms with van der Waals surface area (Å²) in [4.78, 5) is 30.1. The van der Waals surface area contributed by atoms with Crippen molar-refractivity contribution in [1.82, 2.24) is 29.6 Å². The smallest absolute Gasteiger partial charge is 0.317 e. The molecule has 1 aliphatic carbocycles. The van der Waals surface area contributed by atoms with Crippen molar-refractivity contribution in [3.05, 3.63) is 48.1 Å². The Labute approximate surface area is 226 Å². The molecule has 2 aliphatic rings. The molecule has 0 unspecified atom stereocenters. The Morgan fingerprint density at radius 2 is 1.95 bits per heavy atom. The summed E-state index contributed by atoms with van der Waals surface area (Å²) in [5, 5.41) is 8.78. The maximum Gasteiger partial charge on any atom is 0.317 e. The molecule has 38 heavy (non-hydrogen) atoms. The summed E-state index contributed by atoms with van der Waals surface area (Å²) in [6.07, 6.45) is 11.6. The first-order valence-corrected chi connectivity index (χ1v) is 14.3. The number of nitrogens with one attached hydrogen (secondary N) is 2. The second kappa shape index (κ2) is 11.0. The lowest BCUT2D eigenvalue weighted by atomic mass is 9.95. The third-order valence-electron chi connectivity index (χ3n) is 7.48. The zero-order valence-corrected chi connectivity index (χ0v) is 22.4. The van der Waals surface area contributed by atoms with Crippen LogP contribution in [0.2, 0.25) is 0 Å². The van der Waals surface area contributed by atoms with Gasteiger partial charge in [0.1, 0.15) is 11.4 Å². The van der Waals surface area contributed by atoms with Gasteiger partial charge in [0.2, 0.25) is 5.95 Å². The minimum absolute atomic E-state index is 0.0557. The summed E-state index contributed by atoms with van der Waals surface area (Å²) in [7, 11) is 1.67. The van der Waals surface area contributed by atoms with Crippen molar-refractivity contribution in [2.45, 2.75) is 57.0 Å². The number of benzene rings is 1. The highest BCUT2D eigenvalue weighted by Gasteiger charge is 2.26. The predicted octanol–water partition coefficient (Wildman–Crippen LogP) is 5.45. The van der Waals surface area contributed by atoms with Crippen LogP contribution in [-0.2, 0) is 0 Å². The second-order valence-corrected chi connectivity index (χ2v) is 10.9. The summed E-state index contributed by atoms with van der Waals surface area (Å²) in [6.45, 7) is 1.43. The van der Waals surface area contributed by atoms with Crippen LogP contribution < -0.4 is 15.4 Å². The third kappa shape index (κ3) is 5.18. The fourth-order valence-electron chi connectivity index (χ4n) is 5.54. The van der Waals surface area contributed by atoms with Crippen molar-refractivity contribution in [3.63, 3.8) is 0 Å². The van der Waals surface area contributed by atoms with Crippen molar-refractivity contribution in [3.8, 4) is 28.4 Å². The minimum atomic E-state index is 0.0557. The first-order chi connectivity index (χ1) is 18.7. The molecule has 198 valence electrons. The Morgan fingerprint density at radius 1 is 1.08 bits per heavy atom. The van der Waals surface area contributed by atoms with Crippen LogP contribution in [0.15, 0.2) is 48.1 Å². The summed E-state index contributed by atoms with van der Waals surface area (Å²) in [5.74, 6) is 1.34. The number of aromatic nitrogens is 4. The molecule has 0 radical (unpaired) electrons. The fourth-order valence-corrected chi connectivity index (χ4v) is 6.25. The molecule has 1 aromatic carbocycles. The normalized spacial score (nSPS) is 18.4. The van der Waals surface area contributed by atoms with E-state index in [2.05, 4.69) is 20.0 Å². The Balaban J connectivity index is 1.21. The van der Waals surface area contributed by atoms with Crippen LogP contribution in [0, 0.1) is 0 Å². The minimum Gasteiger partial charge on any atom is -0.497 e. The molecule has 1 aliphatic heterocycles. The zero-order chi connectivity index (χ0) is 25.9. The van der Waals surface area contributed by atoms with Crippen LogP contribution in [0.5, 0.6) is 5.75 Å². The van der Waals surface area contributed by atoms with Gasteiger partial charge in [-0.05, 0) is 43.9 Å². The van der Waals surface area contributed by atoms with E-state index in [1.807, 2.05) is 46.8 Å². The quantitative estimate of drug-likeness (QED) is 0.344. The Hall–Kier alpha value is -3.66. The first-order valence-electron chi connectivity index (χ1n) is 13.4. The number of fused-ring (bicyclic) bond motifs is 1. The fraction of sp³-hybridized carbons (Fsp3) is 0.429. The van der Waals surface area contributed by atoms with E-state index in [1.54, 1.807) is 24.6 Å². The molecule has 6 rings (SSSR count). The molecule has 2 N–H and O–H groups in total. The number of piperidine rings is 1. The first kappa shape index (κ1) is 24.7. The third-order valence-corrected chi connectivity index (χ3v) is 8.23. The van der Waals surface area contributed by atoms with Gasteiger partial charge in [-0.15, -0.1) is 11.3 Å². The SMILES string of the molecule is COc1cccc(-c2nc3sccn3c2-c2ccnc(N[C@@H]3CCCN(C(=O)NC4CCCCC4)C3)n2)c1. The Bertz CT molecular complexity index is 1410. The number of ether oxygens (including phenoxy) is 1. The van der Waals surface area contributed by atoms with Gasteiger partial charge in [-0.3, -0.25) is 4.40 Å². The molecule has 1 atom stereocenters. The summed E-state index contributed by atoms with van der Waals surface area (Å²) in [5.41, 5.74) is 3.52. The number of imidazole rings is 1. The standard InChI is InChI=1S/C28H33N7O2S/c1-37-22-11-5-7-19(17-22)24-25(35-15-16-38-28(35)33-24)23-12-13-29-26(32-23)30-21-10-6-14-34(18-21)27(36)31-20-8-3-2-4-9-20/h5,7,11-13,15-17,20-21H,2-4,6,8-10,14,18H2,1H3,(H,31,36)(H,29,30,32)/t21-/m1/s1. The molecule has 10 heteroatoms. The number of carbonyl (C=O) groups is 1. The van der Waals surface area contributed by atoms with Crippen LogP contribution in [0.1, 0.15) is 44.9 Å². The van der Waals surface area contributed by atoms with Gasteiger partial charge in [0.25, 0.3) is 0 Å². The number of carbonyl (C=O) groups excluding carboxylic acids is 1. The van der Waals surface area contributed by atoms with Gasteiger partial charge in [-0.2, -0.15) is 0 Å². The molecular weight excluding hydrogens is 498 g/mol. The van der Waals surface area contributed by atoms with Crippen LogP contribution in [0.25, 0.3) is 27.6 Å². The van der Waals surface area contributed by atoms with E-state index < -0.39 is 0 Å². The van der Waals surface area contributed by atoms with E-state index >= 15 is 0 Å². The molecule has 4 heterocycles. The highest BCUT2D eigenvalue weighted by molar-refractivity contribution is 7.15. The number of amides is 2. The predicted molar refractivity (Wildman–Crippen MR) is 150 cm³/mol. The molecule has 2 amide bonds. The van der Waals surface area contributed by atoms with E-state index in [0.717, 1.165) is 65.6 Å². The van der Waals surface area contributed by atoms with Gasteiger partial charge in [0.05, 0.1) is 18.5 Å². The van der Waals surface area contributed by atoms with Gasteiger partial charge in [-0.1, -0.05) is 31.4 Å². The number of hydrogen-bond acceptors (Lipinski definition) is 7. The number of urea groups is 1. The van der Waals surface area contributed by atoms with E-state index in [-0.39, 0.29) is 12.1 Å². The van der Waals surface area contributed by atoms with Gasteiger partial charge < -0.3 is 20.3 Å². The number of methoxy groups -OCH3 is 1. The molecule has 0 bridgehead atoms. The van der Waals surface area contributed by atoms with Crippen molar-refractivity contribution in [1.29, 1.82) is 0 Å². The van der Waals surface area contributed by atoms with Crippen LogP contribution in [0.3, 0.4) is 0 Å². The Kier molecular flexibility index (Phi) is 7.13.